The topological polar surface area (TPSA) is 48.1 Å². The summed E-state index contributed by atoms with van der Waals surface area (Å²) in [5.41, 5.74) is 5.49. The highest BCUT2D eigenvalue weighted by molar-refractivity contribution is 7.06. The van der Waals surface area contributed by atoms with Crippen LogP contribution in [0.15, 0.2) is 30.3 Å². The van der Waals surface area contributed by atoms with Crippen molar-refractivity contribution in [1.82, 2.24) is 4.37 Å². The lowest BCUT2D eigenvalue weighted by atomic mass is 10.3. The van der Waals surface area contributed by atoms with E-state index in [1.807, 2.05) is 12.1 Å². The quantitative estimate of drug-likeness (QED) is 0.897. The minimum atomic E-state index is 0.483. The van der Waals surface area contributed by atoms with Gasteiger partial charge in [0.1, 0.15) is 18.2 Å². The number of hydrogen-bond donors (Lipinski definition) is 1. The molecule has 15 heavy (non-hydrogen) atoms. The molecule has 2 rings (SSSR count). The molecule has 2 N–H and O–H groups in total. The highest BCUT2D eigenvalue weighted by Crippen LogP contribution is 2.18. The van der Waals surface area contributed by atoms with Crippen molar-refractivity contribution < 1.29 is 4.74 Å². The Bertz CT molecular complexity index is 441. The molecule has 0 unspecified atom stereocenters. The molecule has 0 spiro atoms. The summed E-state index contributed by atoms with van der Waals surface area (Å²) in [6.07, 6.45) is 0. The van der Waals surface area contributed by atoms with E-state index in [1.54, 1.807) is 18.2 Å². The van der Waals surface area contributed by atoms with Crippen LogP contribution in [0.2, 0.25) is 5.02 Å². The third-order valence-corrected chi connectivity index (χ3v) is 2.80. The van der Waals surface area contributed by atoms with E-state index in [1.165, 1.54) is 11.5 Å². The maximum absolute atomic E-state index is 5.75. The second kappa shape index (κ2) is 4.51. The van der Waals surface area contributed by atoms with Crippen molar-refractivity contribution in [3.05, 3.63) is 40.2 Å². The zero-order chi connectivity index (χ0) is 10.7. The predicted octanol–water partition coefficient (Wildman–Crippen LogP) is 2.96. The molecule has 0 aliphatic heterocycles. The largest absolute Gasteiger partial charge is 0.488 e. The lowest BCUT2D eigenvalue weighted by Gasteiger charge is -2.03. The van der Waals surface area contributed by atoms with Crippen molar-refractivity contribution in [1.29, 1.82) is 0 Å². The Morgan fingerprint density at radius 2 is 2.07 bits per heavy atom. The van der Waals surface area contributed by atoms with Gasteiger partial charge in [-0.2, -0.15) is 4.37 Å². The molecule has 78 valence electrons. The molecule has 1 heterocycles. The SMILES string of the molecule is Nc1cc(COc2ccc(Cl)cc2)sn1. The molecule has 1 aromatic heterocycles. The number of rotatable bonds is 3. The highest BCUT2D eigenvalue weighted by atomic mass is 35.5. The van der Waals surface area contributed by atoms with Crippen LogP contribution in [-0.2, 0) is 6.61 Å². The first-order valence-electron chi connectivity index (χ1n) is 4.33. The lowest BCUT2D eigenvalue weighted by Crippen LogP contribution is -1.92. The molecular formula is C10H9ClN2OS. The third-order valence-electron chi connectivity index (χ3n) is 1.77. The number of nitrogens with zero attached hydrogens (tertiary/aromatic N) is 1. The molecule has 2 aromatic rings. The van der Waals surface area contributed by atoms with E-state index in [-0.39, 0.29) is 0 Å². The fourth-order valence-electron chi connectivity index (χ4n) is 1.08. The number of nitrogens with two attached hydrogens (primary N) is 1. The third kappa shape index (κ3) is 2.84. The summed E-state index contributed by atoms with van der Waals surface area (Å²) < 4.78 is 9.48. The molecule has 0 fully saturated rings. The number of aromatic nitrogens is 1. The van der Waals surface area contributed by atoms with Crippen molar-refractivity contribution in [2.75, 3.05) is 5.73 Å². The first kappa shape index (κ1) is 10.3. The number of benzene rings is 1. The molecule has 0 saturated heterocycles. The van der Waals surface area contributed by atoms with Crippen LogP contribution in [0.5, 0.6) is 5.75 Å². The van der Waals surface area contributed by atoms with E-state index in [0.29, 0.717) is 17.4 Å². The van der Waals surface area contributed by atoms with Crippen LogP contribution in [0.1, 0.15) is 4.88 Å². The van der Waals surface area contributed by atoms with Crippen LogP contribution in [0.4, 0.5) is 5.82 Å². The molecule has 0 radical (unpaired) electrons. The van der Waals surface area contributed by atoms with Gasteiger partial charge in [-0.05, 0) is 41.9 Å². The molecule has 0 aliphatic rings. The minimum Gasteiger partial charge on any atom is -0.488 e. The van der Waals surface area contributed by atoms with E-state index in [4.69, 9.17) is 22.1 Å². The van der Waals surface area contributed by atoms with Crippen LogP contribution in [-0.4, -0.2) is 4.37 Å². The van der Waals surface area contributed by atoms with Gasteiger partial charge in [-0.15, -0.1) is 0 Å². The van der Waals surface area contributed by atoms with Crippen molar-refractivity contribution in [3.63, 3.8) is 0 Å². The summed E-state index contributed by atoms with van der Waals surface area (Å²) in [6.45, 7) is 0.483. The van der Waals surface area contributed by atoms with Crippen LogP contribution in [0.25, 0.3) is 0 Å². The van der Waals surface area contributed by atoms with Crippen LogP contribution in [0, 0.1) is 0 Å². The molecule has 5 heteroatoms. The number of anilines is 1. The number of ether oxygens (including phenoxy) is 1. The van der Waals surface area contributed by atoms with Gasteiger partial charge in [-0.25, -0.2) is 0 Å². The molecule has 0 bridgehead atoms. The summed E-state index contributed by atoms with van der Waals surface area (Å²) in [4.78, 5) is 1.00. The monoisotopic (exact) mass is 240 g/mol. The van der Waals surface area contributed by atoms with E-state index in [2.05, 4.69) is 4.37 Å². The van der Waals surface area contributed by atoms with Crippen LogP contribution < -0.4 is 10.5 Å². The van der Waals surface area contributed by atoms with Crippen LogP contribution >= 0.6 is 23.1 Å². The van der Waals surface area contributed by atoms with Gasteiger partial charge in [0.25, 0.3) is 0 Å². The lowest BCUT2D eigenvalue weighted by molar-refractivity contribution is 0.310. The van der Waals surface area contributed by atoms with E-state index < -0.39 is 0 Å². The fraction of sp³-hybridized carbons (Fsp3) is 0.100. The van der Waals surface area contributed by atoms with Gasteiger partial charge in [0.15, 0.2) is 0 Å². The Hall–Kier alpha value is -1.26. The zero-order valence-electron chi connectivity index (χ0n) is 7.81. The molecule has 0 atom stereocenters. The number of halogens is 1. The van der Waals surface area contributed by atoms with Crippen molar-refractivity contribution in [2.45, 2.75) is 6.61 Å². The average molecular weight is 241 g/mol. The maximum atomic E-state index is 5.75. The van der Waals surface area contributed by atoms with Gasteiger partial charge in [0, 0.05) is 5.02 Å². The Balaban J connectivity index is 1.96. The smallest absolute Gasteiger partial charge is 0.137 e. The van der Waals surface area contributed by atoms with Gasteiger partial charge in [0.2, 0.25) is 0 Å². The Kier molecular flexibility index (Phi) is 3.08. The molecule has 0 amide bonds. The van der Waals surface area contributed by atoms with Gasteiger partial charge in [-0.1, -0.05) is 11.6 Å². The number of nitrogen functional groups attached to an aromatic ring is 1. The molecule has 3 nitrogen and oxygen atoms in total. The molecular weight excluding hydrogens is 232 g/mol. The average Bonchev–Trinajstić information content (AvgIpc) is 2.64. The van der Waals surface area contributed by atoms with Gasteiger partial charge >= 0.3 is 0 Å². The standard InChI is InChI=1S/C10H9ClN2OS/c11-7-1-3-8(4-2-7)14-6-9-5-10(12)13-15-9/h1-5H,6H2,(H2,12,13). The zero-order valence-corrected chi connectivity index (χ0v) is 9.39. The Morgan fingerprint density at radius 3 is 2.67 bits per heavy atom. The van der Waals surface area contributed by atoms with Crippen molar-refractivity contribution >= 4 is 29.0 Å². The minimum absolute atomic E-state index is 0.483. The van der Waals surface area contributed by atoms with E-state index in [0.717, 1.165) is 10.6 Å². The summed E-state index contributed by atoms with van der Waals surface area (Å²) in [7, 11) is 0. The first-order valence-corrected chi connectivity index (χ1v) is 5.48. The summed E-state index contributed by atoms with van der Waals surface area (Å²) in [5, 5.41) is 0.699. The number of hydrogen-bond acceptors (Lipinski definition) is 4. The maximum Gasteiger partial charge on any atom is 0.137 e. The fourth-order valence-corrected chi connectivity index (χ4v) is 1.77. The second-order valence-electron chi connectivity index (χ2n) is 2.96. The predicted molar refractivity (Wildman–Crippen MR) is 62.3 cm³/mol. The molecule has 0 saturated carbocycles. The van der Waals surface area contributed by atoms with E-state index in [9.17, 15) is 0 Å². The van der Waals surface area contributed by atoms with Gasteiger partial charge < -0.3 is 10.5 Å². The second-order valence-corrected chi connectivity index (χ2v) is 4.29. The summed E-state index contributed by atoms with van der Waals surface area (Å²) >= 11 is 7.10. The molecule has 0 aliphatic carbocycles. The van der Waals surface area contributed by atoms with Gasteiger partial charge in [0.05, 0.1) is 4.88 Å². The first-order chi connectivity index (χ1) is 7.24. The summed E-state index contributed by atoms with van der Waals surface area (Å²) in [6, 6.07) is 9.04. The Labute approximate surface area is 96.6 Å². The normalized spacial score (nSPS) is 10.2. The van der Waals surface area contributed by atoms with Crippen LogP contribution in [0.3, 0.4) is 0 Å². The van der Waals surface area contributed by atoms with E-state index >= 15 is 0 Å². The Morgan fingerprint density at radius 1 is 1.33 bits per heavy atom. The molecule has 1 aromatic carbocycles. The summed E-state index contributed by atoms with van der Waals surface area (Å²) in [5.74, 6) is 1.32. The highest BCUT2D eigenvalue weighted by Gasteiger charge is 2.00. The van der Waals surface area contributed by atoms with Crippen molar-refractivity contribution in [2.24, 2.45) is 0 Å². The van der Waals surface area contributed by atoms with Gasteiger partial charge in [-0.3, -0.25) is 0 Å². The van der Waals surface area contributed by atoms with Crippen molar-refractivity contribution in [3.8, 4) is 5.75 Å².